The molecule has 3 rings (SSSR count). The van der Waals surface area contributed by atoms with Gasteiger partial charge in [-0.25, -0.2) is 9.18 Å². The molecular formula is C22H28FN3O4S. The van der Waals surface area contributed by atoms with Crippen LogP contribution in [0.15, 0.2) is 35.7 Å². The SMILES string of the molecule is CCNC(=O)N(CCOC)CC(=O)N1CCc2sccc2C1COc1ccccc1F. The molecule has 3 amide bonds. The Morgan fingerprint density at radius 1 is 1.32 bits per heavy atom. The number of nitrogens with zero attached hydrogens (tertiary/aromatic N) is 2. The van der Waals surface area contributed by atoms with E-state index in [0.717, 1.165) is 12.0 Å². The number of carbonyl (C=O) groups excluding carboxylic acids is 2. The Balaban J connectivity index is 1.76. The zero-order valence-electron chi connectivity index (χ0n) is 17.8. The van der Waals surface area contributed by atoms with Crippen molar-refractivity contribution in [2.24, 2.45) is 0 Å². The molecule has 168 valence electrons. The van der Waals surface area contributed by atoms with Gasteiger partial charge in [-0.3, -0.25) is 4.79 Å². The highest BCUT2D eigenvalue weighted by atomic mass is 32.1. The first kappa shape index (κ1) is 23.0. The Labute approximate surface area is 185 Å². The molecule has 2 heterocycles. The minimum atomic E-state index is -0.441. The van der Waals surface area contributed by atoms with Crippen LogP contribution in [0, 0.1) is 5.82 Å². The van der Waals surface area contributed by atoms with E-state index in [0.29, 0.717) is 26.2 Å². The van der Waals surface area contributed by atoms with Crippen molar-refractivity contribution in [1.82, 2.24) is 15.1 Å². The summed E-state index contributed by atoms with van der Waals surface area (Å²) in [5.74, 6) is -0.466. The smallest absolute Gasteiger partial charge is 0.317 e. The van der Waals surface area contributed by atoms with Crippen LogP contribution in [-0.2, 0) is 16.0 Å². The van der Waals surface area contributed by atoms with Gasteiger partial charge < -0.3 is 24.6 Å². The first-order valence-electron chi connectivity index (χ1n) is 10.3. The monoisotopic (exact) mass is 449 g/mol. The minimum Gasteiger partial charge on any atom is -0.488 e. The number of carbonyl (C=O) groups is 2. The molecule has 0 fully saturated rings. The Bertz CT molecular complexity index is 891. The quantitative estimate of drug-likeness (QED) is 0.639. The van der Waals surface area contributed by atoms with Crippen molar-refractivity contribution in [2.45, 2.75) is 19.4 Å². The number of nitrogens with one attached hydrogen (secondary N) is 1. The molecule has 1 unspecified atom stereocenters. The molecule has 2 aromatic rings. The lowest BCUT2D eigenvalue weighted by molar-refractivity contribution is -0.135. The van der Waals surface area contributed by atoms with Gasteiger partial charge >= 0.3 is 6.03 Å². The van der Waals surface area contributed by atoms with Gasteiger partial charge in [0.05, 0.1) is 12.6 Å². The zero-order chi connectivity index (χ0) is 22.2. The lowest BCUT2D eigenvalue weighted by Gasteiger charge is -2.37. The Morgan fingerprint density at radius 2 is 2.13 bits per heavy atom. The van der Waals surface area contributed by atoms with E-state index in [2.05, 4.69) is 5.32 Å². The van der Waals surface area contributed by atoms with Gasteiger partial charge in [0.1, 0.15) is 13.2 Å². The van der Waals surface area contributed by atoms with Crippen molar-refractivity contribution < 1.29 is 23.5 Å². The standard InChI is InChI=1S/C22H28FN3O4S/c1-3-24-22(28)25(11-12-29-2)14-21(27)26-10-8-20-16(9-13-31-20)18(26)15-30-19-7-5-4-6-17(19)23/h4-7,9,13,18H,3,8,10-12,14-15H2,1-2H3,(H,24,28). The van der Waals surface area contributed by atoms with Crippen molar-refractivity contribution in [2.75, 3.05) is 46.5 Å². The molecule has 0 saturated heterocycles. The number of para-hydroxylation sites is 1. The van der Waals surface area contributed by atoms with E-state index in [1.54, 1.807) is 41.5 Å². The van der Waals surface area contributed by atoms with E-state index >= 15 is 0 Å². The largest absolute Gasteiger partial charge is 0.488 e. The van der Waals surface area contributed by atoms with Crippen LogP contribution in [0.1, 0.15) is 23.4 Å². The molecule has 0 bridgehead atoms. The second kappa shape index (κ2) is 11.1. The molecule has 0 spiro atoms. The van der Waals surface area contributed by atoms with Gasteiger partial charge in [-0.2, -0.15) is 0 Å². The molecule has 1 aromatic heterocycles. The van der Waals surface area contributed by atoms with E-state index < -0.39 is 5.82 Å². The normalized spacial score (nSPS) is 15.3. The number of hydrogen-bond acceptors (Lipinski definition) is 5. The maximum absolute atomic E-state index is 14.0. The summed E-state index contributed by atoms with van der Waals surface area (Å²) in [6.07, 6.45) is 0.744. The lowest BCUT2D eigenvalue weighted by atomic mass is 10.0. The number of methoxy groups -OCH3 is 1. The molecule has 1 N–H and O–H groups in total. The first-order chi connectivity index (χ1) is 15.0. The Morgan fingerprint density at radius 3 is 2.87 bits per heavy atom. The molecule has 0 aliphatic carbocycles. The molecule has 31 heavy (non-hydrogen) atoms. The van der Waals surface area contributed by atoms with Crippen LogP contribution in [0.3, 0.4) is 0 Å². The summed E-state index contributed by atoms with van der Waals surface area (Å²) in [6, 6.07) is 7.56. The maximum atomic E-state index is 14.0. The fourth-order valence-corrected chi connectivity index (χ4v) is 4.50. The van der Waals surface area contributed by atoms with E-state index in [9.17, 15) is 14.0 Å². The summed E-state index contributed by atoms with van der Waals surface area (Å²) in [7, 11) is 1.55. The van der Waals surface area contributed by atoms with Gasteiger partial charge in [0, 0.05) is 31.6 Å². The van der Waals surface area contributed by atoms with Gasteiger partial charge in [0.2, 0.25) is 5.91 Å². The second-order valence-electron chi connectivity index (χ2n) is 7.14. The van der Waals surface area contributed by atoms with Gasteiger partial charge in [0.15, 0.2) is 11.6 Å². The van der Waals surface area contributed by atoms with Crippen LogP contribution < -0.4 is 10.1 Å². The molecule has 1 aliphatic rings. The van der Waals surface area contributed by atoms with E-state index in [1.807, 2.05) is 18.4 Å². The number of thiophene rings is 1. The van der Waals surface area contributed by atoms with Gasteiger partial charge in [-0.05, 0) is 42.5 Å². The Kier molecular flexibility index (Phi) is 8.25. The highest BCUT2D eigenvalue weighted by Crippen LogP contribution is 2.34. The van der Waals surface area contributed by atoms with Crippen molar-refractivity contribution in [1.29, 1.82) is 0 Å². The van der Waals surface area contributed by atoms with E-state index in [-0.39, 0.29) is 36.9 Å². The van der Waals surface area contributed by atoms with Crippen molar-refractivity contribution in [3.63, 3.8) is 0 Å². The van der Waals surface area contributed by atoms with Crippen molar-refractivity contribution in [3.05, 3.63) is 52.0 Å². The molecule has 1 aliphatic heterocycles. The molecule has 0 radical (unpaired) electrons. The summed E-state index contributed by atoms with van der Waals surface area (Å²) in [5, 5.41) is 4.73. The average molecular weight is 450 g/mol. The summed E-state index contributed by atoms with van der Waals surface area (Å²) >= 11 is 1.65. The first-order valence-corrected chi connectivity index (χ1v) is 11.2. The number of fused-ring (bicyclic) bond motifs is 1. The number of amides is 3. The maximum Gasteiger partial charge on any atom is 0.317 e. The minimum absolute atomic E-state index is 0.0646. The lowest BCUT2D eigenvalue weighted by Crippen LogP contribution is -2.50. The topological polar surface area (TPSA) is 71.1 Å². The van der Waals surface area contributed by atoms with Gasteiger partial charge in [0.25, 0.3) is 0 Å². The summed E-state index contributed by atoms with van der Waals surface area (Å²) in [5.41, 5.74) is 1.02. The molecule has 9 heteroatoms. The summed E-state index contributed by atoms with van der Waals surface area (Å²) < 4.78 is 24.9. The molecule has 7 nitrogen and oxygen atoms in total. The predicted molar refractivity (Wildman–Crippen MR) is 117 cm³/mol. The number of benzene rings is 1. The second-order valence-corrected chi connectivity index (χ2v) is 8.14. The fraction of sp³-hybridized carbons (Fsp3) is 0.455. The Hall–Kier alpha value is -2.65. The van der Waals surface area contributed by atoms with E-state index in [4.69, 9.17) is 9.47 Å². The van der Waals surface area contributed by atoms with Crippen molar-refractivity contribution >= 4 is 23.3 Å². The summed E-state index contributed by atoms with van der Waals surface area (Å²) in [6.45, 7) is 3.53. The van der Waals surface area contributed by atoms with Crippen LogP contribution in [0.5, 0.6) is 5.75 Å². The number of urea groups is 1. The van der Waals surface area contributed by atoms with E-state index in [1.165, 1.54) is 15.8 Å². The predicted octanol–water partition coefficient (Wildman–Crippen LogP) is 3.07. The van der Waals surface area contributed by atoms with Crippen LogP contribution in [0.2, 0.25) is 0 Å². The molecule has 0 saturated carbocycles. The molecule has 1 atom stereocenters. The number of hydrogen-bond donors (Lipinski definition) is 1. The third-order valence-corrected chi connectivity index (χ3v) is 6.15. The number of ether oxygens (including phenoxy) is 2. The van der Waals surface area contributed by atoms with Crippen LogP contribution in [0.25, 0.3) is 0 Å². The molecular weight excluding hydrogens is 421 g/mol. The van der Waals surface area contributed by atoms with Crippen LogP contribution in [-0.4, -0.2) is 68.2 Å². The molecule has 1 aromatic carbocycles. The van der Waals surface area contributed by atoms with Crippen molar-refractivity contribution in [3.8, 4) is 5.75 Å². The average Bonchev–Trinajstić information content (AvgIpc) is 3.25. The fourth-order valence-electron chi connectivity index (χ4n) is 3.58. The third kappa shape index (κ3) is 5.74. The zero-order valence-corrected chi connectivity index (χ0v) is 18.6. The highest BCUT2D eigenvalue weighted by Gasteiger charge is 2.33. The number of rotatable bonds is 9. The highest BCUT2D eigenvalue weighted by molar-refractivity contribution is 7.10. The van der Waals surface area contributed by atoms with Crippen LogP contribution >= 0.6 is 11.3 Å². The van der Waals surface area contributed by atoms with Crippen LogP contribution in [0.4, 0.5) is 9.18 Å². The van der Waals surface area contributed by atoms with Gasteiger partial charge in [-0.15, -0.1) is 11.3 Å². The third-order valence-electron chi connectivity index (χ3n) is 5.16. The van der Waals surface area contributed by atoms with Gasteiger partial charge in [-0.1, -0.05) is 12.1 Å². The summed E-state index contributed by atoms with van der Waals surface area (Å²) in [4.78, 5) is 30.0. The number of halogens is 1.